The summed E-state index contributed by atoms with van der Waals surface area (Å²) < 4.78 is 105. The Labute approximate surface area is 819 Å². The van der Waals surface area contributed by atoms with Crippen molar-refractivity contribution in [2.24, 2.45) is 29.4 Å². The molecule has 4 aromatic rings. The van der Waals surface area contributed by atoms with Gasteiger partial charge in [0.1, 0.15) is 36.4 Å². The van der Waals surface area contributed by atoms with Crippen LogP contribution in [0.2, 0.25) is 5.02 Å². The molecule has 39 nitrogen and oxygen atoms in total. The van der Waals surface area contributed by atoms with Crippen LogP contribution in [0, 0.1) is 37.5 Å². The van der Waals surface area contributed by atoms with Crippen LogP contribution in [0.4, 0.5) is 4.79 Å². The van der Waals surface area contributed by atoms with Gasteiger partial charge in [-0.25, -0.2) is 36.7 Å². The highest BCUT2D eigenvalue weighted by atomic mass is 35.5. The molecular weight excluding hydrogens is 1890 g/mol. The van der Waals surface area contributed by atoms with Crippen LogP contribution in [0.25, 0.3) is 0 Å². The number of ether oxygens (including phenoxy) is 7. The van der Waals surface area contributed by atoms with E-state index in [1.165, 1.54) is 40.9 Å². The molecule has 6 rings (SSSR count). The number of phosphoric acid groups is 2. The predicted molar refractivity (Wildman–Crippen MR) is 514 cm³/mol. The van der Waals surface area contributed by atoms with E-state index < -0.39 is 158 Å². The van der Waals surface area contributed by atoms with Crippen molar-refractivity contribution in [3.05, 3.63) is 159 Å². The van der Waals surface area contributed by atoms with Gasteiger partial charge in [0.05, 0.1) is 89.7 Å². The van der Waals surface area contributed by atoms with Gasteiger partial charge in [0, 0.05) is 86.4 Å². The van der Waals surface area contributed by atoms with Gasteiger partial charge >= 0.3 is 39.6 Å². The fourth-order valence-corrected chi connectivity index (χ4v) is 17.9. The lowest BCUT2D eigenvalue weighted by Crippen LogP contribution is -2.57. The number of halogens is 1. The van der Waals surface area contributed by atoms with Gasteiger partial charge in [0.25, 0.3) is 23.6 Å². The van der Waals surface area contributed by atoms with E-state index >= 15 is 0 Å². The van der Waals surface area contributed by atoms with Crippen molar-refractivity contribution in [2.75, 3.05) is 112 Å². The van der Waals surface area contributed by atoms with Crippen molar-refractivity contribution in [2.45, 2.75) is 227 Å². The molecule has 0 bridgehead atoms. The Morgan fingerprint density at radius 2 is 1.20 bits per heavy atom. The Kier molecular flexibility index (Phi) is 53.0. The van der Waals surface area contributed by atoms with Gasteiger partial charge in [-0.05, 0) is 178 Å². The first-order valence-corrected chi connectivity index (χ1v) is 51.6. The van der Waals surface area contributed by atoms with Crippen molar-refractivity contribution in [3.8, 4) is 0 Å². The van der Waals surface area contributed by atoms with Crippen molar-refractivity contribution in [1.29, 1.82) is 0 Å². The Morgan fingerprint density at radius 3 is 1.77 bits per heavy atom. The number of sulfone groups is 1. The van der Waals surface area contributed by atoms with E-state index in [9.17, 15) is 89.7 Å². The highest BCUT2D eigenvalue weighted by molar-refractivity contribution is 7.91. The molecule has 43 heteroatoms. The summed E-state index contributed by atoms with van der Waals surface area (Å²) in [5, 5.41) is 14.3. The molecule has 1 saturated heterocycles. The monoisotopic (exact) mass is 2030 g/mol. The number of rotatable bonds is 48. The maximum Gasteiger partial charge on any atom is 0.481 e. The third-order valence-corrected chi connectivity index (χ3v) is 27.3. The predicted octanol–water partition coefficient (Wildman–Crippen LogP) is 10.2. The summed E-state index contributed by atoms with van der Waals surface area (Å²) in [6.07, 6.45) is 2.20. The topological polar surface area (TPSA) is 528 Å². The maximum absolute atomic E-state index is 14.3. The van der Waals surface area contributed by atoms with Crippen LogP contribution in [-0.4, -0.2) is 265 Å². The highest BCUT2D eigenvalue weighted by Gasteiger charge is 2.41. The van der Waals surface area contributed by atoms with Crippen LogP contribution in [0.1, 0.15) is 196 Å². The Balaban J connectivity index is 0.000000527. The standard InChI is InChI=1S/C55H90ClN7O18P2.C41H50N2O12S/c1-13-35(5)47-50(66)60-40(10)54(70)80-48(36(6)14-2)38(8)44(79-55(71)58-28-18-16-20-30-77-83(74,75)81-82(72,73)76-29-19-15-17-27-57)26-21-37(7)53(69)78-45(31-34(3)4)49(65)59-39(9)51(67)63(12)43(32-41-22-24-42(56)25-23-41)52(68)62(11)33-46(64)61-47;1-30-3-7-32(8-4-30)9-10-35(29-56(49,50)36-15-5-31(2)6-16-36)40(47)33-11-13-34(14-12-33)41(48)42-20-22-52-24-26-54-28-27-53-25-23-51-21-19-39(46)55-43-37(44)17-18-38(43)45/h14,21-25,34-35,38-40,43-45,47-48H,13,15-20,26-33,57H2,1-12H3,(H,58,71)(H,59,65)(H,60,66)(H,61,64)(H,72,73)(H,74,75);3-8,11-16,35H,9-10,17-29H2,1-2H3,(H,42,48)/b36-14+,37-21+;/t35?,38-,39-,40+,43+,44-,45+,47-,48+;/m0./s1. The number of aryl methyl sites for hydroxylation is 3. The number of nitrogens with one attached hydrogen (secondary N) is 5. The molecule has 0 radical (unpaired) electrons. The van der Waals surface area contributed by atoms with E-state index in [0.29, 0.717) is 117 Å². The Bertz CT molecular complexity index is 4940. The van der Waals surface area contributed by atoms with Crippen LogP contribution >= 0.6 is 27.2 Å². The first kappa shape index (κ1) is 119. The Morgan fingerprint density at radius 1 is 0.655 bits per heavy atom. The van der Waals surface area contributed by atoms with Crippen molar-refractivity contribution in [1.82, 2.24) is 41.4 Å². The first-order valence-electron chi connectivity index (χ1n) is 46.6. The van der Waals surface area contributed by atoms with Gasteiger partial charge in [0.2, 0.25) is 23.6 Å². The zero-order chi connectivity index (χ0) is 103. The van der Waals surface area contributed by atoms with Gasteiger partial charge in [0.15, 0.2) is 21.7 Å². The van der Waals surface area contributed by atoms with E-state index in [4.69, 9.17) is 64.4 Å². The molecule has 772 valence electrons. The molecule has 2 aliphatic rings. The summed E-state index contributed by atoms with van der Waals surface area (Å²) in [6.45, 7) is 22.1. The number of imide groups is 1. The number of amides is 9. The normalized spacial score (nSPS) is 20.6. The molecule has 4 unspecified atom stereocenters. The number of esters is 2. The zero-order valence-electron chi connectivity index (χ0n) is 81.9. The minimum atomic E-state index is -4.98. The molecule has 12 atom stereocenters. The average molecular weight is 2030 g/mol. The number of hydroxylamine groups is 2. The largest absolute Gasteiger partial charge is 0.481 e. The number of benzene rings is 4. The van der Waals surface area contributed by atoms with Crippen molar-refractivity contribution in [3.63, 3.8) is 0 Å². The molecule has 1 fully saturated rings. The summed E-state index contributed by atoms with van der Waals surface area (Å²) >= 11 is 6.15. The summed E-state index contributed by atoms with van der Waals surface area (Å²) in [4.78, 5) is 200. The summed E-state index contributed by atoms with van der Waals surface area (Å²) in [7, 11) is -10.9. The van der Waals surface area contributed by atoms with E-state index in [-0.39, 0.29) is 132 Å². The summed E-state index contributed by atoms with van der Waals surface area (Å²) in [5.41, 5.74) is 10.3. The fourth-order valence-electron chi connectivity index (χ4n) is 14.0. The van der Waals surface area contributed by atoms with Gasteiger partial charge < -0.3 is 89.9 Å². The molecule has 9 amide bonds. The number of nitrogens with zero attached hydrogens (tertiary/aromatic N) is 3. The van der Waals surface area contributed by atoms with Gasteiger partial charge in [-0.2, -0.15) is 4.31 Å². The highest BCUT2D eigenvalue weighted by Crippen LogP contribution is 2.60. The molecule has 0 aliphatic carbocycles. The number of carbonyl (C=O) groups is 13. The second kappa shape index (κ2) is 61.6. The second-order valence-electron chi connectivity index (χ2n) is 34.5. The maximum atomic E-state index is 14.3. The SMILES string of the molecule is C/C=C(\C)[C@H]1OC(=O)[C@@H](C)NC(=O)[C@H](C(C)CC)NC(=O)CN(C)C(=O)[C@@H](Cc2ccc(Cl)cc2)N(C)C(=O)[C@H](C)NC(=O)[C@@H](CC(C)C)OC(=O)/C(C)=C/C[C@H](OC(=O)NCCCCCOP(=O)(O)OP(=O)(O)OCCCCCN)[C@@H]1C.Cc1ccc(CCC(CS(=O)(=O)c2ccc(C)cc2)C(=O)c2ccc(C(=O)NCCOCCOCCOCCOCCC(=O)ON3C(=O)CCC3=O)cc2)cc1. The second-order valence-corrected chi connectivity index (χ2v) is 40.0. The molecule has 0 aromatic heterocycles. The number of unbranched alkanes of at least 4 members (excludes halogenated alkanes) is 4. The van der Waals surface area contributed by atoms with Crippen molar-refractivity contribution < 1.29 is 141 Å². The number of hydrogen-bond donors (Lipinski definition) is 8. The van der Waals surface area contributed by atoms with Crippen LogP contribution in [0.15, 0.2) is 125 Å². The molecular formula is C96H140ClN9O30P2S. The third-order valence-electron chi connectivity index (χ3n) is 22.6. The van der Waals surface area contributed by atoms with Crippen LogP contribution < -0.4 is 32.3 Å². The molecule has 139 heavy (non-hydrogen) atoms. The quantitative estimate of drug-likeness (QED) is 0.00387. The van der Waals surface area contributed by atoms with E-state index in [1.807, 2.05) is 38.1 Å². The molecule has 0 spiro atoms. The van der Waals surface area contributed by atoms with Crippen LogP contribution in [-0.2, 0) is 131 Å². The van der Waals surface area contributed by atoms with Gasteiger partial charge in [-0.1, -0.05) is 137 Å². The number of Topliss-reactive ketones (excluding diaryl/α,β-unsaturated/α-hetero) is 1. The number of carbonyl (C=O) groups excluding carboxylic acids is 13. The summed E-state index contributed by atoms with van der Waals surface area (Å²) in [5.74, 6) is -10.4. The Hall–Kier alpha value is -10.0. The number of cyclic esters (lactones) is 2. The molecule has 4 aromatic carbocycles. The molecule has 9 N–H and O–H groups in total. The average Bonchev–Trinajstić information content (AvgIpc) is 1.79. The number of alkyl carbamates (subject to hydrolysis) is 1. The lowest BCUT2D eigenvalue weighted by molar-refractivity contribution is -0.198. The first-order chi connectivity index (χ1) is 65.8. The van der Waals surface area contributed by atoms with Gasteiger partial charge in [-0.3, -0.25) is 52.2 Å². The third kappa shape index (κ3) is 43.9. The fraction of sp³-hybridized carbons (Fsp3) is 0.573. The van der Waals surface area contributed by atoms with Crippen LogP contribution in [0.3, 0.4) is 0 Å². The number of ketones is 1. The van der Waals surface area contributed by atoms with E-state index in [1.54, 1.807) is 127 Å². The number of nitrogens with two attached hydrogens (primary N) is 1. The minimum Gasteiger partial charge on any atom is -0.456 e. The van der Waals surface area contributed by atoms with E-state index in [2.05, 4.69) is 30.9 Å². The van der Waals surface area contributed by atoms with Crippen molar-refractivity contribution >= 4 is 114 Å². The smallest absolute Gasteiger partial charge is 0.456 e. The summed E-state index contributed by atoms with van der Waals surface area (Å²) in [6, 6.07) is 22.4. The number of allylic oxidation sites excluding steroid dienone is 1. The van der Waals surface area contributed by atoms with Gasteiger partial charge in [-0.15, -0.1) is 5.06 Å². The lowest BCUT2D eigenvalue weighted by atomic mass is 9.90. The molecule has 2 heterocycles. The molecule has 0 saturated carbocycles. The zero-order valence-corrected chi connectivity index (χ0v) is 85.2. The van der Waals surface area contributed by atoms with Crippen LogP contribution in [0.5, 0.6) is 0 Å². The van der Waals surface area contributed by atoms with E-state index in [0.717, 1.165) is 26.5 Å². The number of phosphoric ester groups is 2. The lowest BCUT2D eigenvalue weighted by Gasteiger charge is -2.33. The number of hydrogen-bond acceptors (Lipinski definition) is 29. The number of likely N-dealkylation sites (N-methyl/N-ethyl adjacent to an activating group) is 2. The molecule has 2 aliphatic heterocycles. The minimum absolute atomic E-state index is 0.00836.